The van der Waals surface area contributed by atoms with Crippen molar-refractivity contribution in [2.45, 2.75) is 59.3 Å². The molecule has 0 aliphatic carbocycles. The lowest BCUT2D eigenvalue weighted by molar-refractivity contribution is 0.483. The van der Waals surface area contributed by atoms with Gasteiger partial charge < -0.3 is 19.3 Å². The predicted octanol–water partition coefficient (Wildman–Crippen LogP) is 15.6. The third-order valence-electron chi connectivity index (χ3n) is 12.2. The average Bonchev–Trinajstić information content (AvgIpc) is 3.82. The molecule has 10 rings (SSSR count). The van der Waals surface area contributed by atoms with Gasteiger partial charge >= 0.3 is 0 Å². The molecule has 2 aromatic heterocycles. The SMILES string of the molecule is Cc1cc(-n2c3ccccc3c3ccc(Oc4cccc(N5CN(c6cc(C(C)(C)C)cc(C(C)(C)C)c6)c6ccccc65)c4)cc32)ncc1-c1cccc(Oc2ccccc2)c1. The molecule has 0 bridgehead atoms. The van der Waals surface area contributed by atoms with Gasteiger partial charge in [0.05, 0.1) is 22.4 Å². The van der Waals surface area contributed by atoms with E-state index in [9.17, 15) is 0 Å². The van der Waals surface area contributed by atoms with Gasteiger partial charge in [-0.05, 0) is 125 Å². The summed E-state index contributed by atoms with van der Waals surface area (Å²) in [5, 5.41) is 2.30. The van der Waals surface area contributed by atoms with E-state index >= 15 is 0 Å². The Morgan fingerprint density at radius 1 is 0.476 bits per heavy atom. The van der Waals surface area contributed by atoms with Crippen LogP contribution in [0.4, 0.5) is 22.7 Å². The lowest BCUT2D eigenvalue weighted by Crippen LogP contribution is -2.25. The second-order valence-electron chi connectivity index (χ2n) is 18.7. The van der Waals surface area contributed by atoms with E-state index in [0.29, 0.717) is 6.67 Å². The summed E-state index contributed by atoms with van der Waals surface area (Å²) in [4.78, 5) is 9.92. The molecule has 1 aliphatic heterocycles. The molecular formula is C57H52N4O2. The Bertz CT molecular complexity index is 3120. The number of aryl methyl sites for hydroxylation is 1. The fourth-order valence-electron chi connectivity index (χ4n) is 8.72. The second-order valence-corrected chi connectivity index (χ2v) is 18.7. The van der Waals surface area contributed by atoms with Crippen LogP contribution in [0.1, 0.15) is 58.2 Å². The van der Waals surface area contributed by atoms with Gasteiger partial charge in [-0.25, -0.2) is 4.98 Å². The third-order valence-corrected chi connectivity index (χ3v) is 12.2. The minimum absolute atomic E-state index is 0.0183. The number of anilines is 4. The van der Waals surface area contributed by atoms with Gasteiger partial charge in [-0.15, -0.1) is 0 Å². The maximum atomic E-state index is 6.75. The molecule has 0 spiro atoms. The number of pyridine rings is 1. The standard InChI is InChI=1S/C57H52N4O2/c1-38-29-55(58-36-50(38)39-17-15-21-45(30-39)62-44-19-9-8-10-20-44)61-51-24-12-11-23-48(51)49-28-27-47(35-54(49)61)63-46-22-16-18-42(34-46)59-37-60(53-26-14-13-25-52(53)59)43-32-40(56(2,3)4)31-41(33-43)57(5,6)7/h8-36H,37H2,1-7H3. The topological polar surface area (TPSA) is 42.8 Å². The van der Waals surface area contributed by atoms with E-state index < -0.39 is 0 Å². The summed E-state index contributed by atoms with van der Waals surface area (Å²) in [5.74, 6) is 3.96. The Morgan fingerprint density at radius 3 is 1.78 bits per heavy atom. The molecule has 0 fully saturated rings. The first-order chi connectivity index (χ1) is 30.4. The van der Waals surface area contributed by atoms with Crippen molar-refractivity contribution in [3.63, 3.8) is 0 Å². The summed E-state index contributed by atoms with van der Waals surface area (Å²) in [5.41, 5.74) is 12.7. The van der Waals surface area contributed by atoms with Gasteiger partial charge in [-0.3, -0.25) is 4.57 Å². The normalized spacial score (nSPS) is 12.9. The van der Waals surface area contributed by atoms with E-state index in [1.165, 1.54) is 28.2 Å². The van der Waals surface area contributed by atoms with Crippen LogP contribution in [0.3, 0.4) is 0 Å². The molecule has 0 saturated carbocycles. The highest BCUT2D eigenvalue weighted by atomic mass is 16.5. The molecule has 9 aromatic rings. The highest BCUT2D eigenvalue weighted by molar-refractivity contribution is 6.09. The zero-order valence-electron chi connectivity index (χ0n) is 37.1. The van der Waals surface area contributed by atoms with E-state index in [4.69, 9.17) is 14.5 Å². The Morgan fingerprint density at radius 2 is 1.06 bits per heavy atom. The van der Waals surface area contributed by atoms with Gasteiger partial charge in [0.15, 0.2) is 0 Å². The number of aromatic nitrogens is 2. The zero-order chi connectivity index (χ0) is 43.5. The van der Waals surface area contributed by atoms with Crippen LogP contribution in [0.15, 0.2) is 176 Å². The smallest absolute Gasteiger partial charge is 0.137 e. The van der Waals surface area contributed by atoms with Crippen molar-refractivity contribution in [2.24, 2.45) is 0 Å². The van der Waals surface area contributed by atoms with E-state index in [-0.39, 0.29) is 10.8 Å². The van der Waals surface area contributed by atoms with Gasteiger partial charge in [0, 0.05) is 46.0 Å². The van der Waals surface area contributed by atoms with Crippen LogP contribution in [0, 0.1) is 6.92 Å². The Kier molecular flexibility index (Phi) is 9.82. The maximum Gasteiger partial charge on any atom is 0.137 e. The lowest BCUT2D eigenvalue weighted by atomic mass is 9.80. The number of benzene rings is 7. The van der Waals surface area contributed by atoms with Gasteiger partial charge in [0.2, 0.25) is 0 Å². The minimum atomic E-state index is 0.0183. The van der Waals surface area contributed by atoms with Gasteiger partial charge in [0.1, 0.15) is 35.5 Å². The first-order valence-electron chi connectivity index (χ1n) is 21.8. The van der Waals surface area contributed by atoms with Crippen LogP contribution in [-0.4, -0.2) is 16.2 Å². The van der Waals surface area contributed by atoms with Gasteiger partial charge in [-0.2, -0.15) is 0 Å². The van der Waals surface area contributed by atoms with E-state index in [2.05, 4.69) is 184 Å². The summed E-state index contributed by atoms with van der Waals surface area (Å²) in [6.07, 6.45) is 1.97. The Balaban J connectivity index is 0.966. The van der Waals surface area contributed by atoms with Crippen molar-refractivity contribution in [1.29, 1.82) is 0 Å². The van der Waals surface area contributed by atoms with Crippen molar-refractivity contribution < 1.29 is 9.47 Å². The largest absolute Gasteiger partial charge is 0.457 e. The maximum absolute atomic E-state index is 6.75. The monoisotopic (exact) mass is 824 g/mol. The van der Waals surface area contributed by atoms with Gasteiger partial charge in [0.25, 0.3) is 0 Å². The van der Waals surface area contributed by atoms with Crippen LogP contribution in [0.2, 0.25) is 0 Å². The van der Waals surface area contributed by atoms with Crippen LogP contribution >= 0.6 is 0 Å². The molecule has 312 valence electrons. The zero-order valence-corrected chi connectivity index (χ0v) is 37.1. The van der Waals surface area contributed by atoms with Crippen molar-refractivity contribution in [3.8, 4) is 39.9 Å². The van der Waals surface area contributed by atoms with E-state index in [1.54, 1.807) is 0 Å². The molecule has 1 aliphatic rings. The fourth-order valence-corrected chi connectivity index (χ4v) is 8.72. The summed E-state index contributed by atoms with van der Waals surface area (Å²) in [6.45, 7) is 16.6. The van der Waals surface area contributed by atoms with Crippen LogP contribution in [-0.2, 0) is 10.8 Å². The van der Waals surface area contributed by atoms with Crippen molar-refractivity contribution in [2.75, 3.05) is 16.5 Å². The number of ether oxygens (including phenoxy) is 2. The van der Waals surface area contributed by atoms with Crippen molar-refractivity contribution >= 4 is 44.6 Å². The highest BCUT2D eigenvalue weighted by Crippen LogP contribution is 2.46. The lowest BCUT2D eigenvalue weighted by Gasteiger charge is -2.29. The van der Waals surface area contributed by atoms with E-state index in [0.717, 1.165) is 73.0 Å². The first kappa shape index (κ1) is 39.8. The predicted molar refractivity (Wildman–Crippen MR) is 261 cm³/mol. The highest BCUT2D eigenvalue weighted by Gasteiger charge is 2.30. The summed E-state index contributed by atoms with van der Waals surface area (Å²) in [7, 11) is 0. The molecular weight excluding hydrogens is 773 g/mol. The summed E-state index contributed by atoms with van der Waals surface area (Å²) >= 11 is 0. The molecule has 0 N–H and O–H groups in total. The summed E-state index contributed by atoms with van der Waals surface area (Å²) in [6, 6.07) is 59.4. The number of nitrogens with zero attached hydrogens (tertiary/aromatic N) is 4. The van der Waals surface area contributed by atoms with Crippen molar-refractivity contribution in [1.82, 2.24) is 9.55 Å². The van der Waals surface area contributed by atoms with E-state index in [1.807, 2.05) is 54.7 Å². The Hall–Kier alpha value is -7.31. The summed E-state index contributed by atoms with van der Waals surface area (Å²) < 4.78 is 15.2. The molecule has 0 amide bonds. The quantitative estimate of drug-likeness (QED) is 0.153. The molecule has 0 saturated heterocycles. The molecule has 0 unspecified atom stereocenters. The number of hydrogen-bond acceptors (Lipinski definition) is 5. The minimum Gasteiger partial charge on any atom is -0.457 e. The molecule has 6 nitrogen and oxygen atoms in total. The second kappa shape index (κ2) is 15.5. The third kappa shape index (κ3) is 7.67. The molecule has 0 radical (unpaired) electrons. The molecule has 7 aromatic carbocycles. The average molecular weight is 825 g/mol. The van der Waals surface area contributed by atoms with Crippen molar-refractivity contribution in [3.05, 3.63) is 193 Å². The van der Waals surface area contributed by atoms with Gasteiger partial charge in [-0.1, -0.05) is 114 Å². The Labute approximate surface area is 370 Å². The number of rotatable bonds is 8. The molecule has 63 heavy (non-hydrogen) atoms. The first-order valence-corrected chi connectivity index (χ1v) is 21.8. The number of hydrogen-bond donors (Lipinski definition) is 0. The fraction of sp³-hybridized carbons (Fsp3) is 0.175. The van der Waals surface area contributed by atoms with Crippen LogP contribution in [0.25, 0.3) is 38.8 Å². The van der Waals surface area contributed by atoms with Crippen LogP contribution in [0.5, 0.6) is 23.0 Å². The number of fused-ring (bicyclic) bond motifs is 4. The molecule has 6 heteroatoms. The molecule has 3 heterocycles. The molecule has 0 atom stereocenters. The van der Waals surface area contributed by atoms with Crippen LogP contribution < -0.4 is 19.3 Å². The number of para-hydroxylation sites is 4.